The molecular weight excluding hydrogens is 494 g/mol. The molecule has 0 radical (unpaired) electrons. The number of hydrogen-bond donors (Lipinski definition) is 1. The third-order valence-corrected chi connectivity index (χ3v) is 7.23. The molecule has 0 saturated heterocycles. The summed E-state index contributed by atoms with van der Waals surface area (Å²) in [6.45, 7) is 5.56. The molecule has 3 aromatic carbocycles. The lowest BCUT2D eigenvalue weighted by molar-refractivity contribution is 0.0633. The lowest BCUT2D eigenvalue weighted by atomic mass is 9.93. The highest BCUT2D eigenvalue weighted by Gasteiger charge is 2.27. The lowest BCUT2D eigenvalue weighted by Gasteiger charge is -2.26. The molecule has 1 fully saturated rings. The summed E-state index contributed by atoms with van der Waals surface area (Å²) in [5, 5.41) is 4.94. The van der Waals surface area contributed by atoms with Crippen molar-refractivity contribution in [2.24, 2.45) is 0 Å². The first kappa shape index (κ1) is 26.7. The Morgan fingerprint density at radius 2 is 1.59 bits per heavy atom. The Balaban J connectivity index is 1.81. The van der Waals surface area contributed by atoms with Crippen LogP contribution in [0.25, 0.3) is 32.9 Å². The van der Waals surface area contributed by atoms with E-state index in [2.05, 4.69) is 16.0 Å². The highest BCUT2D eigenvalue weighted by Crippen LogP contribution is 2.44. The summed E-state index contributed by atoms with van der Waals surface area (Å²) in [4.78, 5) is 18.0. The standard InChI is InChI=1S/C31H37N3O5/c1-31(2,3)39-30(35)33-29-32-28-24(34(29)21-10-8-7-9-11-21)16-20-17-25(37-5)26(38-6)18-23(20)27(28)19-12-14-22(36-4)15-13-19/h12-18,21H,7-11H2,1-6H3,(H,32,33,35). The molecule has 0 atom stereocenters. The Labute approximate surface area is 229 Å². The lowest BCUT2D eigenvalue weighted by Crippen LogP contribution is -2.28. The fourth-order valence-electron chi connectivity index (χ4n) is 5.51. The Kier molecular flexibility index (Phi) is 7.30. The second-order valence-electron chi connectivity index (χ2n) is 11.0. The van der Waals surface area contributed by atoms with E-state index < -0.39 is 11.7 Å². The van der Waals surface area contributed by atoms with E-state index in [1.807, 2.05) is 57.2 Å². The fraction of sp³-hybridized carbons (Fsp3) is 0.419. The van der Waals surface area contributed by atoms with Crippen molar-refractivity contribution in [1.82, 2.24) is 9.55 Å². The smallest absolute Gasteiger partial charge is 0.414 e. The van der Waals surface area contributed by atoms with E-state index >= 15 is 0 Å². The predicted octanol–water partition coefficient (Wildman–Crippen LogP) is 7.73. The third kappa shape index (κ3) is 5.33. The summed E-state index contributed by atoms with van der Waals surface area (Å²) in [5.41, 5.74) is 3.07. The molecule has 1 N–H and O–H groups in total. The van der Waals surface area contributed by atoms with Crippen LogP contribution in [0.2, 0.25) is 0 Å². The monoisotopic (exact) mass is 531 g/mol. The number of nitrogens with zero attached hydrogens (tertiary/aromatic N) is 2. The Hall–Kier alpha value is -3.94. The summed E-state index contributed by atoms with van der Waals surface area (Å²) in [7, 11) is 4.93. The number of imidazole rings is 1. The summed E-state index contributed by atoms with van der Waals surface area (Å²) >= 11 is 0. The number of fused-ring (bicyclic) bond motifs is 2. The number of nitrogens with one attached hydrogen (secondary N) is 1. The number of ether oxygens (including phenoxy) is 4. The van der Waals surface area contributed by atoms with Gasteiger partial charge in [-0.3, -0.25) is 5.32 Å². The van der Waals surface area contributed by atoms with E-state index in [4.69, 9.17) is 23.9 Å². The van der Waals surface area contributed by atoms with Crippen LogP contribution in [-0.2, 0) is 4.74 Å². The third-order valence-electron chi connectivity index (χ3n) is 7.23. The van der Waals surface area contributed by atoms with Gasteiger partial charge >= 0.3 is 6.09 Å². The van der Waals surface area contributed by atoms with Crippen molar-refractivity contribution in [3.05, 3.63) is 42.5 Å². The molecule has 1 aliphatic carbocycles. The first-order chi connectivity index (χ1) is 18.7. The zero-order valence-electron chi connectivity index (χ0n) is 23.6. The first-order valence-electron chi connectivity index (χ1n) is 13.5. The quantitative estimate of drug-likeness (QED) is 0.274. The van der Waals surface area contributed by atoms with E-state index in [-0.39, 0.29) is 6.04 Å². The Bertz CT molecular complexity index is 1500. The average molecular weight is 532 g/mol. The van der Waals surface area contributed by atoms with Crippen LogP contribution < -0.4 is 19.5 Å². The van der Waals surface area contributed by atoms with Gasteiger partial charge in [0.05, 0.1) is 32.4 Å². The number of rotatable bonds is 6. The largest absolute Gasteiger partial charge is 0.497 e. The van der Waals surface area contributed by atoms with Gasteiger partial charge in [-0.1, -0.05) is 31.4 Å². The van der Waals surface area contributed by atoms with Gasteiger partial charge in [-0.15, -0.1) is 0 Å². The number of methoxy groups -OCH3 is 3. The zero-order valence-corrected chi connectivity index (χ0v) is 23.6. The van der Waals surface area contributed by atoms with E-state index in [0.717, 1.165) is 64.4 Å². The molecule has 8 nitrogen and oxygen atoms in total. The highest BCUT2D eigenvalue weighted by molar-refractivity contribution is 6.12. The Morgan fingerprint density at radius 1 is 0.923 bits per heavy atom. The zero-order chi connectivity index (χ0) is 27.7. The number of aromatic nitrogens is 2. The minimum absolute atomic E-state index is 0.218. The Morgan fingerprint density at radius 3 is 2.21 bits per heavy atom. The molecule has 0 aliphatic heterocycles. The van der Waals surface area contributed by atoms with Crippen molar-refractivity contribution >= 4 is 33.8 Å². The van der Waals surface area contributed by atoms with Gasteiger partial charge in [0, 0.05) is 11.6 Å². The number of anilines is 1. The first-order valence-corrected chi connectivity index (χ1v) is 13.5. The fourth-order valence-corrected chi connectivity index (χ4v) is 5.51. The number of carbonyl (C=O) groups is 1. The van der Waals surface area contributed by atoms with E-state index in [1.54, 1.807) is 21.3 Å². The molecule has 1 aliphatic rings. The molecule has 1 amide bonds. The van der Waals surface area contributed by atoms with Crippen molar-refractivity contribution in [3.8, 4) is 28.4 Å². The maximum Gasteiger partial charge on any atom is 0.414 e. The van der Waals surface area contributed by atoms with Crippen LogP contribution in [0.3, 0.4) is 0 Å². The minimum Gasteiger partial charge on any atom is -0.497 e. The van der Waals surface area contributed by atoms with Crippen LogP contribution in [0.1, 0.15) is 58.9 Å². The molecule has 1 aromatic heterocycles. The average Bonchev–Trinajstić information content (AvgIpc) is 3.27. The molecular formula is C31H37N3O5. The molecule has 4 aromatic rings. The number of hydrogen-bond acceptors (Lipinski definition) is 6. The molecule has 206 valence electrons. The molecule has 5 rings (SSSR count). The van der Waals surface area contributed by atoms with E-state index in [9.17, 15) is 4.79 Å². The maximum atomic E-state index is 12.9. The van der Waals surface area contributed by atoms with E-state index in [1.165, 1.54) is 6.42 Å². The summed E-state index contributed by atoms with van der Waals surface area (Å²) in [6, 6.07) is 14.3. The predicted molar refractivity (Wildman–Crippen MR) is 154 cm³/mol. The van der Waals surface area contributed by atoms with Gasteiger partial charge in [0.15, 0.2) is 11.5 Å². The second kappa shape index (κ2) is 10.7. The van der Waals surface area contributed by atoms with Crippen molar-refractivity contribution in [1.29, 1.82) is 0 Å². The van der Waals surface area contributed by atoms with Crippen molar-refractivity contribution < 1.29 is 23.7 Å². The molecule has 0 bridgehead atoms. The van der Waals surface area contributed by atoms with Gasteiger partial charge in [-0.25, -0.2) is 9.78 Å². The van der Waals surface area contributed by atoms with Crippen LogP contribution in [0.4, 0.5) is 10.7 Å². The van der Waals surface area contributed by atoms with Gasteiger partial charge in [-0.05, 0) is 80.3 Å². The normalized spacial score (nSPS) is 14.4. The number of benzene rings is 3. The highest BCUT2D eigenvalue weighted by atomic mass is 16.6. The summed E-state index contributed by atoms with van der Waals surface area (Å²) < 4.78 is 24.5. The van der Waals surface area contributed by atoms with Crippen LogP contribution >= 0.6 is 0 Å². The molecule has 1 heterocycles. The molecule has 1 saturated carbocycles. The van der Waals surface area contributed by atoms with Crippen molar-refractivity contribution in [2.75, 3.05) is 26.6 Å². The second-order valence-corrected chi connectivity index (χ2v) is 11.0. The van der Waals surface area contributed by atoms with E-state index in [0.29, 0.717) is 17.4 Å². The summed E-state index contributed by atoms with van der Waals surface area (Å²) in [6.07, 6.45) is 5.02. The summed E-state index contributed by atoms with van der Waals surface area (Å²) in [5.74, 6) is 2.56. The number of carbonyl (C=O) groups excluding carboxylic acids is 1. The topological polar surface area (TPSA) is 83.8 Å². The van der Waals surface area contributed by atoms with Crippen LogP contribution in [-0.4, -0.2) is 42.6 Å². The van der Waals surface area contributed by atoms with Gasteiger partial charge in [0.25, 0.3) is 0 Å². The maximum absolute atomic E-state index is 12.9. The molecule has 39 heavy (non-hydrogen) atoms. The van der Waals surface area contributed by atoms with Gasteiger partial charge in [0.1, 0.15) is 11.4 Å². The van der Waals surface area contributed by atoms with Crippen molar-refractivity contribution in [2.45, 2.75) is 64.5 Å². The molecule has 0 spiro atoms. The van der Waals surface area contributed by atoms with Gasteiger partial charge in [0.2, 0.25) is 5.95 Å². The van der Waals surface area contributed by atoms with Crippen LogP contribution in [0.15, 0.2) is 42.5 Å². The molecule has 0 unspecified atom stereocenters. The van der Waals surface area contributed by atoms with Gasteiger partial charge < -0.3 is 23.5 Å². The number of amides is 1. The molecule has 8 heteroatoms. The van der Waals surface area contributed by atoms with Gasteiger partial charge in [-0.2, -0.15) is 0 Å². The minimum atomic E-state index is -0.623. The SMILES string of the molecule is COc1ccc(-c2c3cc(OC)c(OC)cc3cc3c2nc(NC(=O)OC(C)(C)C)n3C2CCCCC2)cc1. The van der Waals surface area contributed by atoms with Crippen molar-refractivity contribution in [3.63, 3.8) is 0 Å². The van der Waals surface area contributed by atoms with Crippen LogP contribution in [0.5, 0.6) is 17.2 Å². The van der Waals surface area contributed by atoms with Crippen LogP contribution in [0, 0.1) is 0 Å².